The van der Waals surface area contributed by atoms with Crippen LogP contribution in [0.2, 0.25) is 0 Å². The molecule has 2 saturated heterocycles. The topological polar surface area (TPSA) is 93.1 Å². The monoisotopic (exact) mass is 362 g/mol. The number of allylic oxidation sites excluding steroid dienone is 1. The third kappa shape index (κ3) is 1.57. The predicted octanol–water partition coefficient (Wildman–Crippen LogP) is 1.20. The molecule has 2 aliphatic heterocycles. The maximum atomic E-state index is 13.2. The number of rotatable bonds is 0. The van der Waals surface area contributed by atoms with Crippen molar-refractivity contribution in [1.29, 1.82) is 0 Å². The number of Topliss-reactive ketones (excluding diaryl/α,β-unsaturated/α-hetero) is 1. The highest BCUT2D eigenvalue weighted by atomic mass is 16.6. The Bertz CT molecular complexity index is 728. The summed E-state index contributed by atoms with van der Waals surface area (Å²) in [5.41, 5.74) is -1.88. The Morgan fingerprint density at radius 3 is 2.65 bits per heavy atom. The van der Waals surface area contributed by atoms with E-state index in [-0.39, 0.29) is 24.2 Å². The third-order valence-corrected chi connectivity index (χ3v) is 8.48. The van der Waals surface area contributed by atoms with Crippen LogP contribution < -0.4 is 0 Å². The molecule has 5 fully saturated rings. The maximum absolute atomic E-state index is 13.2. The van der Waals surface area contributed by atoms with Crippen molar-refractivity contribution in [2.75, 3.05) is 6.61 Å². The quantitative estimate of drug-likeness (QED) is 0.382. The van der Waals surface area contributed by atoms with Crippen LogP contribution in [0.15, 0.2) is 12.2 Å². The Kier molecular flexibility index (Phi) is 3.10. The second-order valence-corrected chi connectivity index (χ2v) is 9.62. The van der Waals surface area contributed by atoms with Gasteiger partial charge >= 0.3 is 5.97 Å². The molecule has 3 aliphatic carbocycles. The minimum atomic E-state index is -1.18. The number of carbonyl (C=O) groups excluding carboxylic acids is 2. The van der Waals surface area contributed by atoms with Gasteiger partial charge < -0.3 is 19.7 Å². The molecule has 0 radical (unpaired) electrons. The van der Waals surface area contributed by atoms with Crippen molar-refractivity contribution in [1.82, 2.24) is 0 Å². The van der Waals surface area contributed by atoms with Gasteiger partial charge in [-0.1, -0.05) is 20.4 Å². The van der Waals surface area contributed by atoms with E-state index in [2.05, 4.69) is 6.58 Å². The molecular formula is C20H26O6. The first-order valence-corrected chi connectivity index (χ1v) is 9.59. The van der Waals surface area contributed by atoms with Gasteiger partial charge in [-0.25, -0.2) is 0 Å². The first-order valence-electron chi connectivity index (χ1n) is 9.59. The van der Waals surface area contributed by atoms with Gasteiger partial charge in [0.05, 0.1) is 12.7 Å². The van der Waals surface area contributed by atoms with Crippen molar-refractivity contribution in [3.05, 3.63) is 12.2 Å². The largest absolute Gasteiger partial charge is 0.461 e. The third-order valence-electron chi connectivity index (χ3n) is 8.48. The fraction of sp³-hybridized carbons (Fsp3) is 0.800. The molecule has 3 unspecified atom stereocenters. The van der Waals surface area contributed by atoms with Gasteiger partial charge in [-0.05, 0) is 42.1 Å². The van der Waals surface area contributed by atoms with Gasteiger partial charge in [-0.2, -0.15) is 0 Å². The lowest BCUT2D eigenvalue weighted by atomic mass is 9.43. The molecule has 0 aromatic heterocycles. The van der Waals surface area contributed by atoms with E-state index in [1.807, 2.05) is 13.8 Å². The Morgan fingerprint density at radius 2 is 1.92 bits per heavy atom. The first-order chi connectivity index (χ1) is 12.2. The minimum absolute atomic E-state index is 0.0483. The van der Waals surface area contributed by atoms with Crippen LogP contribution in [0.5, 0.6) is 0 Å². The van der Waals surface area contributed by atoms with E-state index in [9.17, 15) is 19.8 Å². The van der Waals surface area contributed by atoms with E-state index < -0.39 is 46.6 Å². The molecule has 5 aliphatic rings. The zero-order valence-corrected chi connectivity index (χ0v) is 15.2. The van der Waals surface area contributed by atoms with Gasteiger partial charge in [0.15, 0.2) is 12.1 Å². The van der Waals surface area contributed by atoms with E-state index in [0.29, 0.717) is 18.4 Å². The smallest absolute Gasteiger partial charge is 0.320 e. The molecule has 2 spiro atoms. The van der Waals surface area contributed by atoms with Crippen LogP contribution in [0, 0.1) is 34.0 Å². The van der Waals surface area contributed by atoms with Crippen LogP contribution in [0.25, 0.3) is 0 Å². The highest BCUT2D eigenvalue weighted by Gasteiger charge is 2.78. The van der Waals surface area contributed by atoms with Crippen LogP contribution in [0.3, 0.4) is 0 Å². The molecule has 6 nitrogen and oxygen atoms in total. The summed E-state index contributed by atoms with van der Waals surface area (Å²) in [7, 11) is 0. The molecule has 0 aromatic rings. The van der Waals surface area contributed by atoms with E-state index in [1.165, 1.54) is 0 Å². The number of fused-ring (bicyclic) bond motifs is 1. The summed E-state index contributed by atoms with van der Waals surface area (Å²) in [5.74, 6) is -1.22. The van der Waals surface area contributed by atoms with E-state index in [1.54, 1.807) is 0 Å². The number of ether oxygens (including phenoxy) is 2. The number of hydrogen-bond donors (Lipinski definition) is 2. The summed E-state index contributed by atoms with van der Waals surface area (Å²) in [6.45, 7) is 8.08. The van der Waals surface area contributed by atoms with Crippen LogP contribution in [-0.4, -0.2) is 47.1 Å². The second-order valence-electron chi connectivity index (χ2n) is 9.62. The zero-order valence-electron chi connectivity index (χ0n) is 15.2. The van der Waals surface area contributed by atoms with Crippen molar-refractivity contribution in [2.24, 2.45) is 34.0 Å². The Hall–Kier alpha value is -1.24. The maximum Gasteiger partial charge on any atom is 0.320 e. The van der Waals surface area contributed by atoms with E-state index >= 15 is 0 Å². The van der Waals surface area contributed by atoms with Crippen LogP contribution in [0.1, 0.15) is 39.5 Å². The van der Waals surface area contributed by atoms with Gasteiger partial charge in [0.2, 0.25) is 0 Å². The Morgan fingerprint density at radius 1 is 1.19 bits per heavy atom. The summed E-state index contributed by atoms with van der Waals surface area (Å²) in [6.07, 6.45) is 0.0482. The summed E-state index contributed by atoms with van der Waals surface area (Å²) < 4.78 is 11.6. The molecule has 8 atom stereocenters. The Balaban J connectivity index is 1.72. The van der Waals surface area contributed by atoms with Crippen LogP contribution >= 0.6 is 0 Å². The highest BCUT2D eigenvalue weighted by Crippen LogP contribution is 2.71. The SMILES string of the molecule is C=C1C(=O)C23C[C@@H]1CC[C@H]2[C@@]12CO[C@@H](O)C1C(C)(C)C(O)C[C@@H]2OC3=O. The summed E-state index contributed by atoms with van der Waals surface area (Å²) in [6, 6.07) is 0. The van der Waals surface area contributed by atoms with Gasteiger partial charge in [-0.3, -0.25) is 9.59 Å². The number of hydrogen-bond acceptors (Lipinski definition) is 6. The second kappa shape index (κ2) is 4.78. The number of ketones is 1. The molecular weight excluding hydrogens is 336 g/mol. The molecule has 142 valence electrons. The van der Waals surface area contributed by atoms with Gasteiger partial charge in [0.25, 0.3) is 0 Å². The fourth-order valence-corrected chi connectivity index (χ4v) is 7.21. The zero-order chi connectivity index (χ0) is 18.6. The normalized spacial score (nSPS) is 54.4. The summed E-state index contributed by atoms with van der Waals surface area (Å²) >= 11 is 0. The lowest BCUT2D eigenvalue weighted by Crippen LogP contribution is -2.70. The average Bonchev–Trinajstić information content (AvgIpc) is 3.03. The fourth-order valence-electron chi connectivity index (χ4n) is 7.21. The summed E-state index contributed by atoms with van der Waals surface area (Å²) in [5, 5.41) is 21.4. The molecule has 0 amide bonds. The first kappa shape index (κ1) is 16.9. The highest BCUT2D eigenvalue weighted by molar-refractivity contribution is 6.15. The van der Waals surface area contributed by atoms with Crippen LogP contribution in [-0.2, 0) is 19.1 Å². The van der Waals surface area contributed by atoms with Crippen molar-refractivity contribution in [2.45, 2.75) is 58.0 Å². The number of aliphatic hydroxyl groups excluding tert-OH is 2. The molecule has 6 heteroatoms. The van der Waals surface area contributed by atoms with Gasteiger partial charge in [0, 0.05) is 17.8 Å². The lowest BCUT2D eigenvalue weighted by molar-refractivity contribution is -0.253. The molecule has 26 heavy (non-hydrogen) atoms. The van der Waals surface area contributed by atoms with Crippen molar-refractivity contribution in [3.8, 4) is 0 Å². The van der Waals surface area contributed by atoms with Crippen molar-refractivity contribution in [3.63, 3.8) is 0 Å². The molecule has 2 bridgehead atoms. The van der Waals surface area contributed by atoms with Crippen molar-refractivity contribution >= 4 is 11.8 Å². The minimum Gasteiger partial charge on any atom is -0.461 e. The molecule has 0 aromatic carbocycles. The number of aliphatic hydroxyl groups is 2. The molecule has 5 rings (SSSR count). The number of carbonyl (C=O) groups is 2. The average molecular weight is 362 g/mol. The van der Waals surface area contributed by atoms with Gasteiger partial charge in [-0.15, -0.1) is 0 Å². The molecule has 2 N–H and O–H groups in total. The van der Waals surface area contributed by atoms with Crippen LogP contribution in [0.4, 0.5) is 0 Å². The lowest BCUT2D eigenvalue weighted by Gasteiger charge is -2.62. The molecule has 2 heterocycles. The van der Waals surface area contributed by atoms with Gasteiger partial charge in [0.1, 0.15) is 11.5 Å². The van der Waals surface area contributed by atoms with E-state index in [0.717, 1.165) is 12.8 Å². The summed E-state index contributed by atoms with van der Waals surface area (Å²) in [4.78, 5) is 26.3. The standard InChI is InChI=1S/C20H26O6/c1-9-10-4-5-11-19(7-10,15(9)22)17(24)26-13-6-12(21)18(2,3)14-16(23)25-8-20(11,13)14/h10-14,16,21,23H,1,4-8H2,2-3H3/t10-,11+,12?,13-,14?,16+,19?,20+/m0/s1. The molecule has 3 saturated carbocycles. The van der Waals surface area contributed by atoms with E-state index in [4.69, 9.17) is 9.47 Å². The predicted molar refractivity (Wildman–Crippen MR) is 89.6 cm³/mol. The Labute approximate surface area is 152 Å². The van der Waals surface area contributed by atoms with Crippen molar-refractivity contribution < 1.29 is 29.3 Å². The number of esters is 1.